The number of carbonyl (C=O) groups excluding carboxylic acids is 2. The molecule has 2 N–H and O–H groups in total. The Morgan fingerprint density at radius 1 is 1.14 bits per heavy atom. The topological polar surface area (TPSA) is 76.0 Å². The first kappa shape index (κ1) is 19.8. The first-order valence-corrected chi connectivity index (χ1v) is 9.29. The average molecular weight is 404 g/mol. The molecule has 0 aliphatic heterocycles. The maximum Gasteiger partial charge on any atom is 0.291 e. The number of amides is 2. The van der Waals surface area contributed by atoms with Gasteiger partial charge in [0.1, 0.15) is 6.54 Å². The molecule has 28 heavy (non-hydrogen) atoms. The predicted molar refractivity (Wildman–Crippen MR) is 106 cm³/mol. The standard InChI is InChI=1S/C19H18F2N4O2S/c1-11-7-8-13(22-12(2)26)15(9-11)23-17(27)10-25-16-6-4-3-5-14(16)24-19(25)28-18(20)21/h3-9,18H,10H2,1-2H3,(H,22,26)(H,23,27). The maximum absolute atomic E-state index is 12.9. The molecule has 146 valence electrons. The molecule has 0 fully saturated rings. The van der Waals surface area contributed by atoms with Crippen molar-refractivity contribution < 1.29 is 18.4 Å². The van der Waals surface area contributed by atoms with E-state index in [9.17, 15) is 18.4 Å². The SMILES string of the molecule is CC(=O)Nc1ccc(C)cc1NC(=O)Cn1c(SC(F)F)nc2ccccc21. The van der Waals surface area contributed by atoms with E-state index in [1.54, 1.807) is 36.4 Å². The summed E-state index contributed by atoms with van der Waals surface area (Å²) in [5.74, 6) is -3.34. The second kappa shape index (κ2) is 8.39. The Bertz CT molecular complexity index is 1040. The van der Waals surface area contributed by atoms with Crippen LogP contribution in [0.15, 0.2) is 47.6 Å². The monoisotopic (exact) mass is 404 g/mol. The van der Waals surface area contributed by atoms with Gasteiger partial charge in [0, 0.05) is 6.92 Å². The summed E-state index contributed by atoms with van der Waals surface area (Å²) < 4.78 is 27.3. The first-order valence-electron chi connectivity index (χ1n) is 8.41. The summed E-state index contributed by atoms with van der Waals surface area (Å²) in [5.41, 5.74) is 2.92. The molecule has 1 heterocycles. The Kier molecular flexibility index (Phi) is 5.93. The minimum atomic E-state index is -2.65. The molecule has 0 radical (unpaired) electrons. The van der Waals surface area contributed by atoms with Gasteiger partial charge in [-0.05, 0) is 48.5 Å². The zero-order chi connectivity index (χ0) is 20.3. The number of rotatable bonds is 6. The van der Waals surface area contributed by atoms with Gasteiger partial charge in [-0.1, -0.05) is 18.2 Å². The number of imidazole rings is 1. The van der Waals surface area contributed by atoms with Gasteiger partial charge >= 0.3 is 0 Å². The number of anilines is 2. The zero-order valence-electron chi connectivity index (χ0n) is 15.2. The smallest absolute Gasteiger partial charge is 0.291 e. The van der Waals surface area contributed by atoms with Crippen molar-refractivity contribution >= 4 is 46.0 Å². The van der Waals surface area contributed by atoms with Crippen LogP contribution in [-0.2, 0) is 16.1 Å². The van der Waals surface area contributed by atoms with E-state index >= 15 is 0 Å². The van der Waals surface area contributed by atoms with Gasteiger partial charge in [-0.25, -0.2) is 4.98 Å². The number of aromatic nitrogens is 2. The van der Waals surface area contributed by atoms with Crippen LogP contribution in [0.3, 0.4) is 0 Å². The van der Waals surface area contributed by atoms with Crippen molar-refractivity contribution in [3.63, 3.8) is 0 Å². The molecule has 3 rings (SSSR count). The molecule has 0 spiro atoms. The normalized spacial score (nSPS) is 11.0. The fraction of sp³-hybridized carbons (Fsp3) is 0.211. The molecule has 0 unspecified atom stereocenters. The number of fused-ring (bicyclic) bond motifs is 1. The van der Waals surface area contributed by atoms with Gasteiger partial charge < -0.3 is 15.2 Å². The van der Waals surface area contributed by atoms with E-state index in [0.29, 0.717) is 34.2 Å². The van der Waals surface area contributed by atoms with Crippen molar-refractivity contribution in [3.05, 3.63) is 48.0 Å². The fourth-order valence-electron chi connectivity index (χ4n) is 2.77. The van der Waals surface area contributed by atoms with E-state index in [1.165, 1.54) is 11.5 Å². The first-order chi connectivity index (χ1) is 13.3. The fourth-order valence-corrected chi connectivity index (χ4v) is 3.37. The molecule has 0 aliphatic rings. The van der Waals surface area contributed by atoms with E-state index in [1.807, 2.05) is 13.0 Å². The van der Waals surface area contributed by atoms with Crippen LogP contribution in [0.25, 0.3) is 11.0 Å². The minimum absolute atomic E-state index is 0.0673. The number of alkyl halides is 2. The van der Waals surface area contributed by atoms with Crippen LogP contribution in [-0.4, -0.2) is 27.1 Å². The van der Waals surface area contributed by atoms with Crippen LogP contribution in [0.4, 0.5) is 20.2 Å². The van der Waals surface area contributed by atoms with Crippen molar-refractivity contribution in [3.8, 4) is 0 Å². The number of thioether (sulfide) groups is 1. The van der Waals surface area contributed by atoms with Crippen LogP contribution in [0, 0.1) is 6.92 Å². The summed E-state index contributed by atoms with van der Waals surface area (Å²) in [7, 11) is 0. The molecule has 0 saturated carbocycles. The van der Waals surface area contributed by atoms with Crippen LogP contribution in [0.2, 0.25) is 0 Å². The molecule has 9 heteroatoms. The zero-order valence-corrected chi connectivity index (χ0v) is 16.0. The molecule has 3 aromatic rings. The number of para-hydroxylation sites is 2. The van der Waals surface area contributed by atoms with Gasteiger partial charge in [0.2, 0.25) is 11.8 Å². The summed E-state index contributed by atoms with van der Waals surface area (Å²) in [6.07, 6.45) is 0. The molecule has 0 bridgehead atoms. The molecule has 0 saturated heterocycles. The van der Waals surface area contributed by atoms with E-state index in [0.717, 1.165) is 5.56 Å². The van der Waals surface area contributed by atoms with E-state index < -0.39 is 11.7 Å². The number of halogens is 2. The van der Waals surface area contributed by atoms with Crippen molar-refractivity contribution in [2.75, 3.05) is 10.6 Å². The molecular formula is C19H18F2N4O2S. The van der Waals surface area contributed by atoms with E-state index in [2.05, 4.69) is 15.6 Å². The Morgan fingerprint density at radius 3 is 2.61 bits per heavy atom. The van der Waals surface area contributed by atoms with Crippen LogP contribution in [0.5, 0.6) is 0 Å². The maximum atomic E-state index is 12.9. The molecule has 6 nitrogen and oxygen atoms in total. The van der Waals surface area contributed by atoms with Crippen LogP contribution < -0.4 is 10.6 Å². The number of benzene rings is 2. The lowest BCUT2D eigenvalue weighted by molar-refractivity contribution is -0.117. The summed E-state index contributed by atoms with van der Waals surface area (Å²) in [6.45, 7) is 3.04. The van der Waals surface area contributed by atoms with Crippen molar-refractivity contribution in [1.82, 2.24) is 9.55 Å². The molecule has 0 aliphatic carbocycles. The second-order valence-electron chi connectivity index (χ2n) is 6.13. The molecule has 0 atom stereocenters. The van der Waals surface area contributed by atoms with Crippen LogP contribution >= 0.6 is 11.8 Å². The Labute approximate surface area is 164 Å². The average Bonchev–Trinajstić information content (AvgIpc) is 2.93. The van der Waals surface area contributed by atoms with Crippen LogP contribution in [0.1, 0.15) is 12.5 Å². The highest BCUT2D eigenvalue weighted by Crippen LogP contribution is 2.29. The summed E-state index contributed by atoms with van der Waals surface area (Å²) in [5, 5.41) is 5.46. The van der Waals surface area contributed by atoms with Gasteiger partial charge in [0.15, 0.2) is 5.16 Å². The summed E-state index contributed by atoms with van der Waals surface area (Å²) >= 11 is 0.295. The quantitative estimate of drug-likeness (QED) is 0.602. The Morgan fingerprint density at radius 2 is 1.89 bits per heavy atom. The molecular weight excluding hydrogens is 386 g/mol. The highest BCUT2D eigenvalue weighted by molar-refractivity contribution is 7.99. The van der Waals surface area contributed by atoms with Crippen molar-refractivity contribution in [2.45, 2.75) is 31.3 Å². The Hall–Kier alpha value is -2.94. The number of carbonyl (C=O) groups is 2. The number of nitrogens with zero attached hydrogens (tertiary/aromatic N) is 2. The predicted octanol–water partition coefficient (Wildman–Crippen LogP) is 4.26. The van der Waals surface area contributed by atoms with Gasteiger partial charge in [-0.15, -0.1) is 0 Å². The molecule has 2 amide bonds. The van der Waals surface area contributed by atoms with E-state index in [-0.39, 0.29) is 17.6 Å². The third-order valence-corrected chi connectivity index (χ3v) is 4.58. The molecule has 1 aromatic heterocycles. The summed E-state index contributed by atoms with van der Waals surface area (Å²) in [6, 6.07) is 12.2. The molecule has 2 aromatic carbocycles. The van der Waals surface area contributed by atoms with Gasteiger partial charge in [-0.3, -0.25) is 9.59 Å². The number of hydrogen-bond donors (Lipinski definition) is 2. The minimum Gasteiger partial charge on any atom is -0.325 e. The summed E-state index contributed by atoms with van der Waals surface area (Å²) in [4.78, 5) is 28.2. The highest BCUT2D eigenvalue weighted by atomic mass is 32.2. The lowest BCUT2D eigenvalue weighted by atomic mass is 10.2. The van der Waals surface area contributed by atoms with E-state index in [4.69, 9.17) is 0 Å². The number of nitrogens with one attached hydrogen (secondary N) is 2. The largest absolute Gasteiger partial charge is 0.325 e. The Balaban J connectivity index is 1.88. The highest BCUT2D eigenvalue weighted by Gasteiger charge is 2.18. The number of aryl methyl sites for hydroxylation is 1. The lowest BCUT2D eigenvalue weighted by Crippen LogP contribution is -2.20. The van der Waals surface area contributed by atoms with Gasteiger partial charge in [0.25, 0.3) is 5.76 Å². The second-order valence-corrected chi connectivity index (χ2v) is 7.08. The van der Waals surface area contributed by atoms with Crippen molar-refractivity contribution in [2.24, 2.45) is 0 Å². The van der Waals surface area contributed by atoms with Gasteiger partial charge in [-0.2, -0.15) is 8.78 Å². The third kappa shape index (κ3) is 4.66. The van der Waals surface area contributed by atoms with Crippen molar-refractivity contribution in [1.29, 1.82) is 0 Å². The third-order valence-electron chi connectivity index (χ3n) is 3.88. The lowest BCUT2D eigenvalue weighted by Gasteiger charge is -2.14. The van der Waals surface area contributed by atoms with Gasteiger partial charge in [0.05, 0.1) is 22.4 Å². The number of hydrogen-bond acceptors (Lipinski definition) is 4.